The van der Waals surface area contributed by atoms with Crippen molar-refractivity contribution < 1.29 is 47.9 Å². The molecule has 15 nitrogen and oxygen atoms in total. The number of urea groups is 1. The SMILES string of the molecule is COc1cc([C@@H]2c3cc4c(cc3[C@@H](n3cc(COC(=O)CCCC[C@@H]5SC[C@@H]6NC(=O)N[C@@H]65)nn3)[C@H]3COC(=O)[C@H]23)OCO4)cc(OC)c1O. The molecule has 4 aliphatic heterocycles. The van der Waals surface area contributed by atoms with E-state index in [4.69, 9.17) is 28.4 Å². The third-order valence-corrected chi connectivity index (χ3v) is 11.8. The van der Waals surface area contributed by atoms with Crippen LogP contribution in [0, 0.1) is 11.8 Å². The number of cyclic esters (lactones) is 1. The zero-order valence-electron chi connectivity index (χ0n) is 27.5. The number of phenols is 1. The number of hydrogen-bond acceptors (Lipinski definition) is 13. The smallest absolute Gasteiger partial charge is 0.315 e. The highest BCUT2D eigenvalue weighted by molar-refractivity contribution is 8.00. The number of carbonyl (C=O) groups is 3. The zero-order chi connectivity index (χ0) is 34.5. The van der Waals surface area contributed by atoms with Crippen LogP contribution < -0.4 is 29.6 Å². The van der Waals surface area contributed by atoms with E-state index >= 15 is 0 Å². The minimum absolute atomic E-state index is 0.0429. The molecule has 0 spiro atoms. The van der Waals surface area contributed by atoms with Gasteiger partial charge in [0.1, 0.15) is 12.3 Å². The highest BCUT2D eigenvalue weighted by Crippen LogP contribution is 2.56. The quantitative estimate of drug-likeness (QED) is 0.150. The molecule has 1 aliphatic carbocycles. The molecule has 264 valence electrons. The van der Waals surface area contributed by atoms with Gasteiger partial charge in [0.2, 0.25) is 12.5 Å². The first-order valence-electron chi connectivity index (χ1n) is 16.6. The van der Waals surface area contributed by atoms with E-state index in [-0.39, 0.29) is 79.6 Å². The number of methoxy groups -OCH3 is 2. The number of nitrogens with zero attached hydrogens (tertiary/aromatic N) is 3. The predicted octanol–water partition coefficient (Wildman–Crippen LogP) is 3.02. The molecule has 0 saturated carbocycles. The summed E-state index contributed by atoms with van der Waals surface area (Å²) in [5, 5.41) is 25.7. The lowest BCUT2D eigenvalue weighted by Crippen LogP contribution is -2.37. The fraction of sp³-hybridized carbons (Fsp3) is 0.500. The van der Waals surface area contributed by atoms with E-state index in [9.17, 15) is 19.5 Å². The average Bonchev–Trinajstić information content (AvgIpc) is 3.96. The van der Waals surface area contributed by atoms with Gasteiger partial charge in [0.05, 0.1) is 51.1 Å². The van der Waals surface area contributed by atoms with Gasteiger partial charge in [-0.3, -0.25) is 9.59 Å². The van der Waals surface area contributed by atoms with E-state index < -0.39 is 17.9 Å². The molecule has 8 rings (SSSR count). The number of benzene rings is 2. The van der Waals surface area contributed by atoms with Gasteiger partial charge in [0.15, 0.2) is 23.0 Å². The number of rotatable bonds is 11. The van der Waals surface area contributed by atoms with E-state index in [1.54, 1.807) is 23.0 Å². The molecular weight excluding hydrogens is 670 g/mol. The number of hydrogen-bond donors (Lipinski definition) is 3. The summed E-state index contributed by atoms with van der Waals surface area (Å²) in [6.45, 7) is 0.176. The van der Waals surface area contributed by atoms with Gasteiger partial charge in [-0.25, -0.2) is 9.48 Å². The van der Waals surface area contributed by atoms with Gasteiger partial charge in [-0.05, 0) is 53.8 Å². The van der Waals surface area contributed by atoms with E-state index in [0.29, 0.717) is 34.4 Å². The molecule has 16 heteroatoms. The number of unbranched alkanes of at least 4 members (excludes halogenated alkanes) is 1. The number of aromatic nitrogens is 3. The second-order valence-electron chi connectivity index (χ2n) is 13.1. The fourth-order valence-corrected chi connectivity index (χ4v) is 9.51. The second-order valence-corrected chi connectivity index (χ2v) is 14.3. The molecule has 0 unspecified atom stereocenters. The topological polar surface area (TPSA) is 182 Å². The van der Waals surface area contributed by atoms with Crippen molar-refractivity contribution in [3.05, 3.63) is 52.8 Å². The fourth-order valence-electron chi connectivity index (χ4n) is 7.97. The summed E-state index contributed by atoms with van der Waals surface area (Å²) in [5.74, 6) is 0.180. The van der Waals surface area contributed by atoms with Crippen molar-refractivity contribution in [1.82, 2.24) is 25.6 Å². The lowest BCUT2D eigenvalue weighted by atomic mass is 9.65. The molecule has 0 radical (unpaired) electrons. The van der Waals surface area contributed by atoms with Gasteiger partial charge >= 0.3 is 18.0 Å². The molecule has 0 bridgehead atoms. The number of thioether (sulfide) groups is 1. The maximum absolute atomic E-state index is 13.5. The largest absolute Gasteiger partial charge is 0.502 e. The van der Waals surface area contributed by atoms with Crippen molar-refractivity contribution in [2.75, 3.05) is 33.4 Å². The summed E-state index contributed by atoms with van der Waals surface area (Å²) in [6.07, 6.45) is 4.48. The van der Waals surface area contributed by atoms with E-state index in [2.05, 4.69) is 20.9 Å². The van der Waals surface area contributed by atoms with Gasteiger partial charge in [-0.15, -0.1) is 5.10 Å². The lowest BCUT2D eigenvalue weighted by Gasteiger charge is -2.39. The highest BCUT2D eigenvalue weighted by Gasteiger charge is 2.53. The van der Waals surface area contributed by atoms with Crippen molar-refractivity contribution >= 4 is 29.7 Å². The Morgan fingerprint density at radius 3 is 2.56 bits per heavy atom. The van der Waals surface area contributed by atoms with Crippen LogP contribution >= 0.6 is 11.8 Å². The minimum atomic E-state index is -0.618. The van der Waals surface area contributed by atoms with Crippen LogP contribution in [0.1, 0.15) is 60.0 Å². The molecule has 3 aromatic rings. The van der Waals surface area contributed by atoms with E-state index in [0.717, 1.165) is 29.7 Å². The van der Waals surface area contributed by atoms with Crippen molar-refractivity contribution in [1.29, 1.82) is 0 Å². The summed E-state index contributed by atoms with van der Waals surface area (Å²) in [5.41, 5.74) is 2.81. The van der Waals surface area contributed by atoms with Crippen molar-refractivity contribution in [2.24, 2.45) is 11.8 Å². The molecule has 2 aromatic carbocycles. The number of fused-ring (bicyclic) bond motifs is 4. The number of aromatic hydroxyl groups is 1. The van der Waals surface area contributed by atoms with Crippen LogP contribution in [0.4, 0.5) is 4.79 Å². The van der Waals surface area contributed by atoms with Gasteiger partial charge in [0.25, 0.3) is 0 Å². The van der Waals surface area contributed by atoms with Crippen LogP contribution in [-0.2, 0) is 25.7 Å². The molecule has 3 N–H and O–H groups in total. The Kier molecular flexibility index (Phi) is 8.49. The normalized spacial score (nSPS) is 27.1. The predicted molar refractivity (Wildman–Crippen MR) is 175 cm³/mol. The molecule has 7 atom stereocenters. The first-order chi connectivity index (χ1) is 24.3. The van der Waals surface area contributed by atoms with Crippen LogP contribution in [0.25, 0.3) is 0 Å². The average molecular weight is 708 g/mol. The van der Waals surface area contributed by atoms with E-state index in [1.165, 1.54) is 14.2 Å². The molecular formula is C34H37N5O10S. The number of phenolic OH excluding ortho intramolecular Hbond substituents is 1. The molecule has 5 heterocycles. The van der Waals surface area contributed by atoms with Crippen LogP contribution in [0.2, 0.25) is 0 Å². The molecule has 1 aromatic heterocycles. The van der Waals surface area contributed by atoms with Gasteiger partial charge in [-0.2, -0.15) is 11.8 Å². The Hall–Kier alpha value is -4.86. The third kappa shape index (κ3) is 5.68. The Bertz CT molecular complexity index is 1810. The van der Waals surface area contributed by atoms with Crippen molar-refractivity contribution in [3.8, 4) is 28.7 Å². The summed E-state index contributed by atoms with van der Waals surface area (Å²) in [7, 11) is 2.91. The summed E-state index contributed by atoms with van der Waals surface area (Å²) < 4.78 is 35.4. The molecule has 3 fully saturated rings. The molecule has 5 aliphatic rings. The van der Waals surface area contributed by atoms with Gasteiger partial charge < -0.3 is 44.2 Å². The zero-order valence-corrected chi connectivity index (χ0v) is 28.3. The summed E-state index contributed by atoms with van der Waals surface area (Å²) in [6, 6.07) is 6.97. The Labute approximate surface area is 291 Å². The van der Waals surface area contributed by atoms with Gasteiger partial charge in [0, 0.05) is 29.3 Å². The number of carbonyl (C=O) groups excluding carboxylic acids is 3. The number of nitrogens with one attached hydrogen (secondary N) is 2. The highest BCUT2D eigenvalue weighted by atomic mass is 32.2. The maximum Gasteiger partial charge on any atom is 0.315 e. The van der Waals surface area contributed by atoms with Crippen molar-refractivity contribution in [2.45, 2.75) is 61.6 Å². The molecule has 50 heavy (non-hydrogen) atoms. The standard InChI is InChI=1S/C34H37N5O10S/c1-44-24-7-16(8-25(45-2)32(24)41)28-18-9-22-23(49-15-48-22)10-19(18)31(20-13-47-33(42)29(20)28)39-11-17(37-38-39)12-46-27(40)6-4-3-5-26-30-21(14-50-26)35-34(43)36-30/h7-11,20-21,26,28-31,41H,3-6,12-15H2,1-2H3,(H2,35,36,43)/t20-,21-,26-,28+,29-,30-,31+/m0/s1. The first-order valence-corrected chi connectivity index (χ1v) is 17.7. The maximum atomic E-state index is 13.5. The summed E-state index contributed by atoms with van der Waals surface area (Å²) >= 11 is 1.86. The number of esters is 2. The Balaban J connectivity index is 0.998. The van der Waals surface area contributed by atoms with Crippen LogP contribution in [-0.4, -0.2) is 88.8 Å². The number of ether oxygens (including phenoxy) is 6. The molecule has 2 amide bonds. The molecule has 3 saturated heterocycles. The van der Waals surface area contributed by atoms with Crippen LogP contribution in [0.5, 0.6) is 28.7 Å². The minimum Gasteiger partial charge on any atom is -0.502 e. The van der Waals surface area contributed by atoms with Gasteiger partial charge in [-0.1, -0.05) is 11.6 Å². The van der Waals surface area contributed by atoms with Crippen molar-refractivity contribution in [3.63, 3.8) is 0 Å². The van der Waals surface area contributed by atoms with Crippen LogP contribution in [0.3, 0.4) is 0 Å². The van der Waals surface area contributed by atoms with Crippen LogP contribution in [0.15, 0.2) is 30.5 Å². The lowest BCUT2D eigenvalue weighted by molar-refractivity contribution is -0.145. The second kappa shape index (κ2) is 13.1. The monoisotopic (exact) mass is 707 g/mol. The third-order valence-electron chi connectivity index (χ3n) is 10.3. The summed E-state index contributed by atoms with van der Waals surface area (Å²) in [4.78, 5) is 37.8. The Morgan fingerprint density at radius 1 is 1.04 bits per heavy atom. The number of amides is 2. The van der Waals surface area contributed by atoms with E-state index in [1.807, 2.05) is 23.9 Å². The Morgan fingerprint density at radius 2 is 1.80 bits per heavy atom. The first kappa shape index (κ1) is 32.4.